The maximum absolute atomic E-state index is 5.80. The smallest absolute Gasteiger partial charge is 0.244 e. The molecule has 2 rings (SSSR count). The van der Waals surface area contributed by atoms with Gasteiger partial charge in [0.1, 0.15) is 0 Å². The summed E-state index contributed by atoms with van der Waals surface area (Å²) in [5.41, 5.74) is 7.04. The number of hydrogen-bond acceptors (Lipinski definition) is 5. The van der Waals surface area contributed by atoms with Gasteiger partial charge in [-0.3, -0.25) is 0 Å². The van der Waals surface area contributed by atoms with Gasteiger partial charge >= 0.3 is 0 Å². The molecular weight excluding hydrogens is 258 g/mol. The molecule has 0 aliphatic rings. The van der Waals surface area contributed by atoms with Crippen LogP contribution in [-0.2, 0) is 5.75 Å². The number of hydrogen-bond donors (Lipinski definition) is 1. The van der Waals surface area contributed by atoms with Crippen molar-refractivity contribution in [3.63, 3.8) is 0 Å². The predicted molar refractivity (Wildman–Crippen MR) is 75.4 cm³/mol. The van der Waals surface area contributed by atoms with Crippen molar-refractivity contribution in [2.24, 2.45) is 5.73 Å². The summed E-state index contributed by atoms with van der Waals surface area (Å²) in [5, 5.41) is 3.91. The highest BCUT2D eigenvalue weighted by molar-refractivity contribution is 7.98. The highest BCUT2D eigenvalue weighted by Crippen LogP contribution is 2.25. The summed E-state index contributed by atoms with van der Waals surface area (Å²) in [6.45, 7) is 2.08. The van der Waals surface area contributed by atoms with Crippen molar-refractivity contribution in [2.45, 2.75) is 30.0 Å². The average Bonchev–Trinajstić information content (AvgIpc) is 2.87. The second kappa shape index (κ2) is 6.41. The molecule has 0 radical (unpaired) electrons. The third kappa shape index (κ3) is 3.60. The van der Waals surface area contributed by atoms with Crippen molar-refractivity contribution in [2.75, 3.05) is 0 Å². The number of aromatic nitrogens is 2. The van der Waals surface area contributed by atoms with E-state index in [1.165, 1.54) is 10.5 Å². The molecule has 0 aliphatic heterocycles. The molecule has 0 fully saturated rings. The van der Waals surface area contributed by atoms with Crippen molar-refractivity contribution >= 4 is 11.8 Å². The Labute approximate surface area is 116 Å². The Hall–Kier alpha value is -1.77. The summed E-state index contributed by atoms with van der Waals surface area (Å²) in [4.78, 5) is 5.46. The molecule has 1 heterocycles. The highest BCUT2D eigenvalue weighted by atomic mass is 32.2. The summed E-state index contributed by atoms with van der Waals surface area (Å²) >= 11 is 1.67. The van der Waals surface area contributed by atoms with Crippen LogP contribution in [0.5, 0.6) is 0 Å². The van der Waals surface area contributed by atoms with E-state index in [4.69, 9.17) is 16.7 Å². The molecule has 5 heteroatoms. The van der Waals surface area contributed by atoms with E-state index >= 15 is 0 Å². The predicted octanol–water partition coefficient (Wildman–Crippen LogP) is 2.69. The van der Waals surface area contributed by atoms with Crippen LogP contribution in [0.1, 0.15) is 29.7 Å². The van der Waals surface area contributed by atoms with Gasteiger partial charge in [-0.15, -0.1) is 24.1 Å². The molecule has 0 saturated heterocycles. The first-order chi connectivity index (χ1) is 9.20. The van der Waals surface area contributed by atoms with E-state index in [1.807, 2.05) is 12.1 Å². The first kappa shape index (κ1) is 13.7. The summed E-state index contributed by atoms with van der Waals surface area (Å²) in [5.74, 6) is 4.17. The first-order valence-electron chi connectivity index (χ1n) is 5.90. The molecule has 19 heavy (non-hydrogen) atoms. The lowest BCUT2D eigenvalue weighted by molar-refractivity contribution is 0.353. The zero-order chi connectivity index (χ0) is 13.7. The molecule has 1 unspecified atom stereocenters. The zero-order valence-electron chi connectivity index (χ0n) is 10.7. The standard InChI is InChI=1S/C14H15N3OS/c1-3-6-11(15)14-16-13(17-18-14)9-19-12-8-5-4-7-10(12)2/h1,4-5,7-8,11H,6,9,15H2,2H3. The minimum absolute atomic E-state index is 0.380. The third-order valence-corrected chi connectivity index (χ3v) is 3.76. The second-order valence-corrected chi connectivity index (χ2v) is 5.13. The van der Waals surface area contributed by atoms with Crippen LogP contribution in [0.4, 0.5) is 0 Å². The summed E-state index contributed by atoms with van der Waals surface area (Å²) in [6, 6.07) is 7.80. The molecule has 0 bridgehead atoms. The minimum Gasteiger partial charge on any atom is -0.338 e. The Bertz CT molecular complexity index is 588. The van der Waals surface area contributed by atoms with E-state index in [0.717, 1.165) is 0 Å². The molecule has 1 aromatic carbocycles. The van der Waals surface area contributed by atoms with Crippen LogP contribution in [0.2, 0.25) is 0 Å². The number of nitrogens with two attached hydrogens (primary N) is 1. The summed E-state index contributed by atoms with van der Waals surface area (Å²) in [6.07, 6.45) is 5.60. The van der Waals surface area contributed by atoms with Crippen molar-refractivity contribution in [3.05, 3.63) is 41.5 Å². The highest BCUT2D eigenvalue weighted by Gasteiger charge is 2.13. The van der Waals surface area contributed by atoms with Crippen molar-refractivity contribution < 1.29 is 4.52 Å². The van der Waals surface area contributed by atoms with Crippen molar-refractivity contribution in [3.8, 4) is 12.3 Å². The van der Waals surface area contributed by atoms with Crippen LogP contribution in [0.15, 0.2) is 33.7 Å². The maximum atomic E-state index is 5.80. The van der Waals surface area contributed by atoms with Crippen LogP contribution < -0.4 is 5.73 Å². The Morgan fingerprint density at radius 1 is 1.47 bits per heavy atom. The fourth-order valence-electron chi connectivity index (χ4n) is 1.55. The van der Waals surface area contributed by atoms with E-state index < -0.39 is 0 Å². The maximum Gasteiger partial charge on any atom is 0.244 e. The van der Waals surface area contributed by atoms with E-state index in [2.05, 4.69) is 35.1 Å². The van der Waals surface area contributed by atoms with Gasteiger partial charge in [-0.05, 0) is 18.6 Å². The molecule has 2 N–H and O–H groups in total. The van der Waals surface area contributed by atoms with Gasteiger partial charge < -0.3 is 10.3 Å². The Morgan fingerprint density at radius 3 is 3.00 bits per heavy atom. The van der Waals surface area contributed by atoms with Gasteiger partial charge in [0.05, 0.1) is 11.8 Å². The lowest BCUT2D eigenvalue weighted by Crippen LogP contribution is -2.09. The van der Waals surface area contributed by atoms with Crippen LogP contribution in [0.25, 0.3) is 0 Å². The quantitative estimate of drug-likeness (QED) is 0.670. The normalized spacial score (nSPS) is 12.1. The van der Waals surface area contributed by atoms with Gasteiger partial charge in [-0.1, -0.05) is 23.4 Å². The van der Waals surface area contributed by atoms with Crippen molar-refractivity contribution in [1.82, 2.24) is 10.1 Å². The van der Waals surface area contributed by atoms with Crippen LogP contribution in [0.3, 0.4) is 0 Å². The Balaban J connectivity index is 1.98. The first-order valence-corrected chi connectivity index (χ1v) is 6.89. The molecule has 1 atom stereocenters. The van der Waals surface area contributed by atoms with E-state index in [0.29, 0.717) is 23.9 Å². The minimum atomic E-state index is -0.380. The third-order valence-electron chi connectivity index (χ3n) is 2.59. The lowest BCUT2D eigenvalue weighted by atomic mass is 10.2. The van der Waals surface area contributed by atoms with Crippen LogP contribution in [-0.4, -0.2) is 10.1 Å². The van der Waals surface area contributed by atoms with E-state index in [1.54, 1.807) is 11.8 Å². The SMILES string of the molecule is C#CCC(N)c1nc(CSc2ccccc2C)no1. The zero-order valence-corrected chi connectivity index (χ0v) is 11.5. The second-order valence-electron chi connectivity index (χ2n) is 4.12. The Kier molecular flexibility index (Phi) is 4.61. The molecule has 0 amide bonds. The topological polar surface area (TPSA) is 64.9 Å². The molecular formula is C14H15N3OS. The molecule has 2 aromatic rings. The number of aryl methyl sites for hydroxylation is 1. The number of thioether (sulfide) groups is 1. The number of terminal acetylenes is 1. The molecule has 0 spiro atoms. The molecule has 1 aromatic heterocycles. The average molecular weight is 273 g/mol. The van der Waals surface area contributed by atoms with Crippen LogP contribution in [0, 0.1) is 19.3 Å². The van der Waals surface area contributed by atoms with Gasteiger partial charge in [0.25, 0.3) is 0 Å². The van der Waals surface area contributed by atoms with E-state index in [9.17, 15) is 0 Å². The van der Waals surface area contributed by atoms with Gasteiger partial charge in [0, 0.05) is 11.3 Å². The van der Waals surface area contributed by atoms with Gasteiger partial charge in [-0.2, -0.15) is 4.98 Å². The monoisotopic (exact) mass is 273 g/mol. The fourth-order valence-corrected chi connectivity index (χ4v) is 2.42. The van der Waals surface area contributed by atoms with Crippen molar-refractivity contribution in [1.29, 1.82) is 0 Å². The van der Waals surface area contributed by atoms with Gasteiger partial charge in [0.2, 0.25) is 5.89 Å². The summed E-state index contributed by atoms with van der Waals surface area (Å²) in [7, 11) is 0. The van der Waals surface area contributed by atoms with E-state index in [-0.39, 0.29) is 6.04 Å². The Morgan fingerprint density at radius 2 is 2.26 bits per heavy atom. The number of nitrogens with zero attached hydrogens (tertiary/aromatic N) is 2. The largest absolute Gasteiger partial charge is 0.338 e. The lowest BCUT2D eigenvalue weighted by Gasteiger charge is -2.02. The van der Waals surface area contributed by atoms with Gasteiger partial charge in [-0.25, -0.2) is 0 Å². The fraction of sp³-hybridized carbons (Fsp3) is 0.286. The molecule has 98 valence electrons. The van der Waals surface area contributed by atoms with Gasteiger partial charge in [0.15, 0.2) is 5.82 Å². The molecule has 0 saturated carbocycles. The number of benzene rings is 1. The molecule has 4 nitrogen and oxygen atoms in total. The molecule has 0 aliphatic carbocycles. The summed E-state index contributed by atoms with van der Waals surface area (Å²) < 4.78 is 5.10. The van der Waals surface area contributed by atoms with Crippen LogP contribution >= 0.6 is 11.8 Å². The number of rotatable bonds is 5.